The molecule has 27 heavy (non-hydrogen) atoms. The first kappa shape index (κ1) is 16.2. The van der Waals surface area contributed by atoms with Crippen LogP contribution in [-0.2, 0) is 6.54 Å². The van der Waals surface area contributed by atoms with Gasteiger partial charge in [0.25, 0.3) is 0 Å². The van der Waals surface area contributed by atoms with Crippen molar-refractivity contribution in [1.82, 2.24) is 29.5 Å². The zero-order chi connectivity index (χ0) is 18.1. The maximum absolute atomic E-state index is 4.71. The number of rotatable bonds is 4. The fourth-order valence-corrected chi connectivity index (χ4v) is 4.00. The third-order valence-corrected chi connectivity index (χ3v) is 5.31. The summed E-state index contributed by atoms with van der Waals surface area (Å²) in [5.74, 6) is 1.59. The van der Waals surface area contributed by atoms with E-state index in [0.29, 0.717) is 5.92 Å². The van der Waals surface area contributed by atoms with Crippen LogP contribution in [0.4, 0.5) is 0 Å². The highest BCUT2D eigenvalue weighted by molar-refractivity contribution is 5.76. The lowest BCUT2D eigenvalue weighted by molar-refractivity contribution is 0.196. The number of nitrogens with zero attached hydrogens (tertiary/aromatic N) is 5. The van der Waals surface area contributed by atoms with Crippen LogP contribution in [0.1, 0.15) is 30.1 Å². The number of hydrogen-bond donors (Lipinski definition) is 1. The van der Waals surface area contributed by atoms with Crippen molar-refractivity contribution < 1.29 is 0 Å². The Balaban J connectivity index is 1.35. The minimum atomic E-state index is 0.486. The highest BCUT2D eigenvalue weighted by Gasteiger charge is 2.23. The number of aromatic amines is 1. The lowest BCUT2D eigenvalue weighted by Crippen LogP contribution is -2.34. The van der Waals surface area contributed by atoms with Gasteiger partial charge < -0.3 is 4.98 Å². The van der Waals surface area contributed by atoms with E-state index in [1.807, 2.05) is 47.5 Å². The molecule has 0 unspecified atom stereocenters. The van der Waals surface area contributed by atoms with Crippen molar-refractivity contribution in [2.24, 2.45) is 0 Å². The molecule has 4 heterocycles. The van der Waals surface area contributed by atoms with Crippen LogP contribution in [0.3, 0.4) is 0 Å². The summed E-state index contributed by atoms with van der Waals surface area (Å²) in [4.78, 5) is 14.9. The molecule has 4 aromatic rings. The molecule has 0 bridgehead atoms. The second-order valence-corrected chi connectivity index (χ2v) is 7.20. The molecule has 136 valence electrons. The molecule has 5 rings (SSSR count). The molecule has 1 N–H and O–H groups in total. The van der Waals surface area contributed by atoms with Crippen LogP contribution < -0.4 is 0 Å². The molecule has 0 aliphatic carbocycles. The fraction of sp³-hybridized carbons (Fsp3) is 0.286. The molecule has 1 atom stereocenters. The van der Waals surface area contributed by atoms with Gasteiger partial charge in [-0.2, -0.15) is 5.10 Å². The molecule has 1 saturated heterocycles. The molecule has 6 nitrogen and oxygen atoms in total. The van der Waals surface area contributed by atoms with Crippen LogP contribution in [0.5, 0.6) is 0 Å². The van der Waals surface area contributed by atoms with E-state index in [0.717, 1.165) is 42.2 Å². The molecule has 1 aliphatic rings. The summed E-state index contributed by atoms with van der Waals surface area (Å²) in [6, 6.07) is 10.3. The maximum Gasteiger partial charge on any atom is 0.162 e. The smallest absolute Gasteiger partial charge is 0.162 e. The molecule has 1 fully saturated rings. The Morgan fingerprint density at radius 3 is 2.89 bits per heavy atom. The number of hydrogen-bond acceptors (Lipinski definition) is 4. The molecular formula is C21H22N6. The largest absolute Gasteiger partial charge is 0.348 e. The zero-order valence-corrected chi connectivity index (χ0v) is 15.1. The number of fused-ring (bicyclic) bond motifs is 1. The number of H-pyrrole nitrogens is 1. The molecular weight excluding hydrogens is 336 g/mol. The van der Waals surface area contributed by atoms with Gasteiger partial charge in [0.05, 0.1) is 6.20 Å². The van der Waals surface area contributed by atoms with Gasteiger partial charge in [0.15, 0.2) is 5.65 Å². The van der Waals surface area contributed by atoms with Gasteiger partial charge in [0.1, 0.15) is 5.82 Å². The summed E-state index contributed by atoms with van der Waals surface area (Å²) in [5, 5.41) is 4.53. The van der Waals surface area contributed by atoms with Gasteiger partial charge in [0.2, 0.25) is 0 Å². The summed E-state index contributed by atoms with van der Waals surface area (Å²) in [5.41, 5.74) is 4.30. The predicted octanol–water partition coefficient (Wildman–Crippen LogP) is 3.50. The summed E-state index contributed by atoms with van der Waals surface area (Å²) in [6.45, 7) is 3.03. The first-order valence-electron chi connectivity index (χ1n) is 9.46. The molecule has 3 aromatic heterocycles. The van der Waals surface area contributed by atoms with Gasteiger partial charge in [0, 0.05) is 54.9 Å². The summed E-state index contributed by atoms with van der Waals surface area (Å²) < 4.78 is 1.89. The van der Waals surface area contributed by atoms with Gasteiger partial charge in [-0.3, -0.25) is 4.90 Å². The third-order valence-electron chi connectivity index (χ3n) is 5.31. The minimum absolute atomic E-state index is 0.486. The highest BCUT2D eigenvalue weighted by atomic mass is 15.2. The average molecular weight is 358 g/mol. The quantitative estimate of drug-likeness (QED) is 0.606. The highest BCUT2D eigenvalue weighted by Crippen LogP contribution is 2.26. The van der Waals surface area contributed by atoms with Crippen LogP contribution in [0.15, 0.2) is 61.3 Å². The number of likely N-dealkylation sites (tertiary alicyclic amines) is 1. The topological polar surface area (TPSA) is 62.1 Å². The van der Waals surface area contributed by atoms with E-state index >= 15 is 0 Å². The van der Waals surface area contributed by atoms with E-state index in [9.17, 15) is 0 Å². The van der Waals surface area contributed by atoms with E-state index in [4.69, 9.17) is 4.98 Å². The fourth-order valence-electron chi connectivity index (χ4n) is 4.00. The number of nitrogens with one attached hydrogen (secondary N) is 1. The second-order valence-electron chi connectivity index (χ2n) is 7.20. The van der Waals surface area contributed by atoms with E-state index in [1.54, 1.807) is 0 Å². The van der Waals surface area contributed by atoms with Gasteiger partial charge in [-0.05, 0) is 24.9 Å². The molecule has 6 heteroatoms. The lowest BCUT2D eigenvalue weighted by Gasteiger charge is -2.31. The van der Waals surface area contributed by atoms with Crippen molar-refractivity contribution in [2.75, 3.05) is 13.1 Å². The van der Waals surface area contributed by atoms with Crippen LogP contribution in [0.25, 0.3) is 16.8 Å². The van der Waals surface area contributed by atoms with Gasteiger partial charge >= 0.3 is 0 Å². The first-order valence-corrected chi connectivity index (χ1v) is 9.46. The van der Waals surface area contributed by atoms with Crippen molar-refractivity contribution in [3.8, 4) is 11.1 Å². The van der Waals surface area contributed by atoms with Crippen LogP contribution >= 0.6 is 0 Å². The Labute approximate surface area is 157 Å². The zero-order valence-electron chi connectivity index (χ0n) is 15.1. The van der Waals surface area contributed by atoms with Crippen molar-refractivity contribution in [3.05, 3.63) is 72.7 Å². The molecule has 0 amide bonds. The average Bonchev–Trinajstić information content (AvgIpc) is 3.39. The van der Waals surface area contributed by atoms with Gasteiger partial charge in [-0.15, -0.1) is 0 Å². The van der Waals surface area contributed by atoms with Crippen molar-refractivity contribution >= 4 is 5.65 Å². The van der Waals surface area contributed by atoms with E-state index in [2.05, 4.69) is 38.3 Å². The SMILES string of the molecule is c1ccc(-c2cnn3cc(CN4CCC[C@H](c5ncc[nH]5)C4)cnc23)cc1. The number of benzene rings is 1. The van der Waals surface area contributed by atoms with Crippen LogP contribution in [0, 0.1) is 0 Å². The van der Waals surface area contributed by atoms with Crippen molar-refractivity contribution in [2.45, 2.75) is 25.3 Å². The summed E-state index contributed by atoms with van der Waals surface area (Å²) >= 11 is 0. The summed E-state index contributed by atoms with van der Waals surface area (Å²) in [6.07, 6.45) is 12.1. The molecule has 0 radical (unpaired) electrons. The Hall–Kier alpha value is -2.99. The van der Waals surface area contributed by atoms with E-state index < -0.39 is 0 Å². The van der Waals surface area contributed by atoms with Crippen LogP contribution in [-0.4, -0.2) is 42.6 Å². The number of imidazole rings is 1. The van der Waals surface area contributed by atoms with Crippen molar-refractivity contribution in [3.63, 3.8) is 0 Å². The lowest BCUT2D eigenvalue weighted by atomic mass is 9.97. The number of piperidine rings is 1. The van der Waals surface area contributed by atoms with Gasteiger partial charge in [-0.1, -0.05) is 30.3 Å². The van der Waals surface area contributed by atoms with Crippen LogP contribution in [0.2, 0.25) is 0 Å². The Morgan fingerprint density at radius 1 is 1.11 bits per heavy atom. The molecule has 1 aliphatic heterocycles. The second kappa shape index (κ2) is 6.96. The standard InChI is InChI=1S/C21H22N6/c1-2-5-17(6-3-1)19-12-25-27-14-16(11-24-21(19)27)13-26-10-4-7-18(15-26)20-22-8-9-23-20/h1-3,5-6,8-9,11-12,14,18H,4,7,10,13,15H2,(H,22,23)/t18-/m0/s1. The minimum Gasteiger partial charge on any atom is -0.348 e. The molecule has 0 saturated carbocycles. The monoisotopic (exact) mass is 358 g/mol. The maximum atomic E-state index is 4.71. The third kappa shape index (κ3) is 3.24. The van der Waals surface area contributed by atoms with Gasteiger partial charge in [-0.25, -0.2) is 14.5 Å². The van der Waals surface area contributed by atoms with E-state index in [1.165, 1.54) is 18.4 Å². The van der Waals surface area contributed by atoms with E-state index in [-0.39, 0.29) is 0 Å². The number of aromatic nitrogens is 5. The Kier molecular flexibility index (Phi) is 4.18. The Bertz CT molecular complexity index is 1020. The Morgan fingerprint density at radius 2 is 2.04 bits per heavy atom. The first-order chi connectivity index (χ1) is 13.4. The summed E-state index contributed by atoms with van der Waals surface area (Å²) in [7, 11) is 0. The van der Waals surface area contributed by atoms with Crippen molar-refractivity contribution in [1.29, 1.82) is 0 Å². The normalized spacial score (nSPS) is 18.1. The molecule has 0 spiro atoms. The predicted molar refractivity (Wildman–Crippen MR) is 104 cm³/mol. The molecule has 1 aromatic carbocycles.